The van der Waals surface area contributed by atoms with Gasteiger partial charge in [-0.25, -0.2) is 4.98 Å². The minimum atomic E-state index is -2.96. The quantitative estimate of drug-likeness (QED) is 0.163. The molecule has 11 rings (SSSR count). The van der Waals surface area contributed by atoms with Gasteiger partial charge in [-0.15, -0.1) is 0 Å². The first kappa shape index (κ1) is 36.7. The molecule has 3 heterocycles. The highest BCUT2D eigenvalue weighted by atomic mass is 28.3. The molecule has 8 aromatic carbocycles. The number of hydrogen-bond donors (Lipinski definition) is 0. The van der Waals surface area contributed by atoms with Crippen LogP contribution in [-0.4, -0.2) is 18.0 Å². The minimum absolute atomic E-state index is 0.244. The van der Waals surface area contributed by atoms with E-state index >= 15 is 0 Å². The predicted molar refractivity (Wildman–Crippen MR) is 252 cm³/mol. The zero-order valence-electron chi connectivity index (χ0n) is 34.3. The maximum atomic E-state index is 6.83. The lowest BCUT2D eigenvalue weighted by molar-refractivity contribution is 0.465. The Labute approximate surface area is 357 Å². The summed E-state index contributed by atoms with van der Waals surface area (Å²) < 4.78 is 13.4. The van der Waals surface area contributed by atoms with Crippen molar-refractivity contribution in [3.63, 3.8) is 0 Å². The molecule has 5 heteroatoms. The van der Waals surface area contributed by atoms with Gasteiger partial charge in [0.15, 0.2) is 5.82 Å². The summed E-state index contributed by atoms with van der Waals surface area (Å²) in [6.07, 6.45) is 2.04. The van der Waals surface area contributed by atoms with Gasteiger partial charge in [0.05, 0.1) is 0 Å². The van der Waals surface area contributed by atoms with Crippen molar-refractivity contribution in [2.45, 2.75) is 26.2 Å². The standard InChI is InChI=1S/C56H42N2O2Si/c1-56(2,3)44-35-40(42-34-33-41(37-19-7-4-8-20-37)52(38-21-9-5-10-22-38)53(42)39-23-11-6-12-24-39)31-32-43(44)54-57-36-51-55(58-54)60-47-27-15-18-30-50(47)61(51)48-28-16-13-25-45(48)59-46-26-14-17-29-49(46)61/h4-36H,1-3H3. The van der Waals surface area contributed by atoms with Gasteiger partial charge in [0, 0.05) is 16.9 Å². The molecule has 2 aliphatic rings. The molecule has 0 saturated carbocycles. The summed E-state index contributed by atoms with van der Waals surface area (Å²) in [5.74, 6) is 3.80. The van der Waals surface area contributed by atoms with Gasteiger partial charge in [-0.3, -0.25) is 0 Å². The molecule has 61 heavy (non-hydrogen) atoms. The van der Waals surface area contributed by atoms with E-state index in [9.17, 15) is 0 Å². The molecule has 0 saturated heterocycles. The molecule has 0 fully saturated rings. The molecule has 0 atom stereocenters. The van der Waals surface area contributed by atoms with Crippen LogP contribution >= 0.6 is 0 Å². The number of fused-ring (bicyclic) bond motifs is 8. The summed E-state index contributed by atoms with van der Waals surface area (Å²) >= 11 is 0. The summed E-state index contributed by atoms with van der Waals surface area (Å²) in [7, 11) is -2.96. The smallest absolute Gasteiger partial charge is 0.223 e. The van der Waals surface area contributed by atoms with Crippen LogP contribution in [-0.2, 0) is 5.41 Å². The van der Waals surface area contributed by atoms with Crippen LogP contribution in [0.15, 0.2) is 200 Å². The Morgan fingerprint density at radius 2 is 0.852 bits per heavy atom. The van der Waals surface area contributed by atoms with Gasteiger partial charge in [0.2, 0.25) is 14.0 Å². The Morgan fingerprint density at radius 3 is 1.38 bits per heavy atom. The molecule has 4 nitrogen and oxygen atoms in total. The molecular formula is C56H42N2O2Si. The van der Waals surface area contributed by atoms with Crippen molar-refractivity contribution in [3.8, 4) is 79.0 Å². The number of benzene rings is 8. The lowest BCUT2D eigenvalue weighted by Gasteiger charge is -2.42. The average molecular weight is 803 g/mol. The van der Waals surface area contributed by atoms with Gasteiger partial charge >= 0.3 is 0 Å². The van der Waals surface area contributed by atoms with Gasteiger partial charge in [0.1, 0.15) is 17.2 Å². The van der Waals surface area contributed by atoms with Crippen molar-refractivity contribution in [1.82, 2.24) is 9.97 Å². The third-order valence-electron chi connectivity index (χ3n) is 12.3. The van der Waals surface area contributed by atoms with E-state index in [0.29, 0.717) is 11.7 Å². The van der Waals surface area contributed by atoms with Crippen LogP contribution in [0.25, 0.3) is 55.9 Å². The van der Waals surface area contributed by atoms with E-state index < -0.39 is 8.07 Å². The van der Waals surface area contributed by atoms with E-state index in [4.69, 9.17) is 19.4 Å². The molecule has 1 aromatic heterocycles. The van der Waals surface area contributed by atoms with Crippen LogP contribution in [0, 0.1) is 0 Å². The molecule has 0 aliphatic carbocycles. The number of ether oxygens (including phenoxy) is 2. The van der Waals surface area contributed by atoms with Crippen molar-refractivity contribution >= 4 is 28.8 Å². The van der Waals surface area contributed by atoms with E-state index in [1.807, 2.05) is 24.4 Å². The topological polar surface area (TPSA) is 44.2 Å². The van der Waals surface area contributed by atoms with Crippen molar-refractivity contribution in [2.24, 2.45) is 0 Å². The lowest BCUT2D eigenvalue weighted by atomic mass is 9.79. The van der Waals surface area contributed by atoms with Crippen LogP contribution in [0.1, 0.15) is 26.3 Å². The highest BCUT2D eigenvalue weighted by molar-refractivity contribution is 7.21. The second-order valence-electron chi connectivity index (χ2n) is 16.9. The van der Waals surface area contributed by atoms with E-state index in [2.05, 4.69) is 197 Å². The summed E-state index contributed by atoms with van der Waals surface area (Å²) in [6, 6.07) is 69.0. The fourth-order valence-corrected chi connectivity index (χ4v) is 14.5. The Hall–Kier alpha value is -7.34. The Balaban J connectivity index is 1.12. The molecule has 9 aromatic rings. The first-order valence-corrected chi connectivity index (χ1v) is 22.9. The summed E-state index contributed by atoms with van der Waals surface area (Å²) in [4.78, 5) is 10.7. The zero-order valence-corrected chi connectivity index (χ0v) is 35.3. The second-order valence-corrected chi connectivity index (χ2v) is 20.5. The third-order valence-corrected chi connectivity index (χ3v) is 17.1. The lowest BCUT2D eigenvalue weighted by Crippen LogP contribution is -2.77. The van der Waals surface area contributed by atoms with E-state index in [0.717, 1.165) is 44.7 Å². The molecule has 1 spiro atoms. The summed E-state index contributed by atoms with van der Waals surface area (Å²) in [6.45, 7) is 6.81. The maximum Gasteiger partial charge on any atom is 0.223 e. The summed E-state index contributed by atoms with van der Waals surface area (Å²) in [5.41, 5.74) is 11.3. The monoisotopic (exact) mass is 802 g/mol. The van der Waals surface area contributed by atoms with Crippen molar-refractivity contribution in [2.75, 3.05) is 0 Å². The van der Waals surface area contributed by atoms with Gasteiger partial charge in [-0.1, -0.05) is 191 Å². The van der Waals surface area contributed by atoms with Crippen molar-refractivity contribution < 1.29 is 9.47 Å². The molecule has 292 valence electrons. The van der Waals surface area contributed by atoms with Gasteiger partial charge in [-0.2, -0.15) is 4.98 Å². The molecule has 2 aliphatic heterocycles. The fourth-order valence-electron chi connectivity index (χ4n) is 9.56. The van der Waals surface area contributed by atoms with Crippen molar-refractivity contribution in [1.29, 1.82) is 0 Å². The number of hydrogen-bond acceptors (Lipinski definition) is 4. The number of para-hydroxylation sites is 3. The minimum Gasteiger partial charge on any atom is -0.458 e. The van der Waals surface area contributed by atoms with Gasteiger partial charge in [-0.05, 0) is 95.3 Å². The molecular weight excluding hydrogens is 761 g/mol. The van der Waals surface area contributed by atoms with E-state index in [1.165, 1.54) is 48.9 Å². The first-order valence-electron chi connectivity index (χ1n) is 20.9. The third kappa shape index (κ3) is 5.95. The first-order chi connectivity index (χ1) is 29.9. The zero-order chi connectivity index (χ0) is 41.1. The molecule has 0 unspecified atom stereocenters. The van der Waals surface area contributed by atoms with Gasteiger partial charge in [0.25, 0.3) is 0 Å². The molecule has 0 bridgehead atoms. The van der Waals surface area contributed by atoms with Crippen LogP contribution in [0.2, 0.25) is 0 Å². The second kappa shape index (κ2) is 14.4. The van der Waals surface area contributed by atoms with Crippen LogP contribution in [0.4, 0.5) is 0 Å². The number of nitrogens with zero attached hydrogens (tertiary/aromatic N) is 2. The highest BCUT2D eigenvalue weighted by Crippen LogP contribution is 2.47. The molecule has 0 amide bonds. The number of aromatic nitrogens is 2. The van der Waals surface area contributed by atoms with E-state index in [1.54, 1.807) is 0 Å². The number of rotatable bonds is 5. The summed E-state index contributed by atoms with van der Waals surface area (Å²) in [5, 5.41) is 4.53. The maximum absolute atomic E-state index is 6.83. The Kier molecular flexibility index (Phi) is 8.69. The SMILES string of the molecule is CC(C)(C)c1cc(-c2ccc(-c3ccccc3)c(-c3ccccc3)c2-c2ccccc2)ccc1-c1ncc2c(n1)Oc1ccccc1[Si]21c2ccccc2Oc2ccccc21. The van der Waals surface area contributed by atoms with Crippen molar-refractivity contribution in [3.05, 3.63) is 206 Å². The predicted octanol–water partition coefficient (Wildman–Crippen LogP) is 11.7. The normalized spacial score (nSPS) is 13.2. The van der Waals surface area contributed by atoms with Crippen LogP contribution in [0.5, 0.6) is 23.1 Å². The Bertz CT molecular complexity index is 3060. The van der Waals surface area contributed by atoms with E-state index in [-0.39, 0.29) is 5.41 Å². The highest BCUT2D eigenvalue weighted by Gasteiger charge is 2.53. The van der Waals surface area contributed by atoms with Gasteiger partial charge < -0.3 is 9.47 Å². The van der Waals surface area contributed by atoms with Crippen LogP contribution in [0.3, 0.4) is 0 Å². The largest absolute Gasteiger partial charge is 0.458 e. The molecule has 0 N–H and O–H groups in total. The van der Waals surface area contributed by atoms with Crippen LogP contribution < -0.4 is 30.2 Å². The molecule has 0 radical (unpaired) electrons. The average Bonchev–Trinajstić information content (AvgIpc) is 3.31. The fraction of sp³-hybridized carbons (Fsp3) is 0.0714. The Morgan fingerprint density at radius 1 is 0.410 bits per heavy atom.